The number of likely N-dealkylation sites (tertiary alicyclic amines) is 1. The Bertz CT molecular complexity index is 498. The molecule has 0 bridgehead atoms. The quantitative estimate of drug-likeness (QED) is 0.889. The highest BCUT2D eigenvalue weighted by Crippen LogP contribution is 2.17. The van der Waals surface area contributed by atoms with E-state index in [4.69, 9.17) is 16.3 Å². The van der Waals surface area contributed by atoms with Gasteiger partial charge in [0.2, 0.25) is 11.8 Å². The van der Waals surface area contributed by atoms with Crippen LogP contribution < -0.4 is 10.1 Å². The van der Waals surface area contributed by atoms with Crippen LogP contribution in [0.1, 0.15) is 20.8 Å². The molecule has 1 aliphatic heterocycles. The summed E-state index contributed by atoms with van der Waals surface area (Å²) in [4.78, 5) is 21.8. The highest BCUT2D eigenvalue weighted by molar-refractivity contribution is 6.29. The van der Waals surface area contributed by atoms with Gasteiger partial charge in [-0.25, -0.2) is 0 Å². The highest BCUT2D eigenvalue weighted by Gasteiger charge is 2.29. The van der Waals surface area contributed by atoms with Gasteiger partial charge in [-0.1, -0.05) is 11.6 Å². The lowest BCUT2D eigenvalue weighted by atomic mass is 10.0. The number of nitrogens with one attached hydrogen (secondary N) is 1. The van der Waals surface area contributed by atoms with Crippen LogP contribution in [0.2, 0.25) is 5.15 Å². The van der Waals surface area contributed by atoms with E-state index in [1.165, 1.54) is 6.20 Å². The normalized spacial score (nSPS) is 16.4. The molecule has 116 valence electrons. The van der Waals surface area contributed by atoms with E-state index in [-0.39, 0.29) is 11.4 Å². The lowest BCUT2D eigenvalue weighted by molar-refractivity contribution is -0.125. The van der Waals surface area contributed by atoms with Gasteiger partial charge in [0.15, 0.2) is 5.15 Å². The zero-order chi connectivity index (χ0) is 15.5. The largest absolute Gasteiger partial charge is 0.476 e. The van der Waals surface area contributed by atoms with Crippen LogP contribution in [0.5, 0.6) is 5.88 Å². The number of aromatic nitrogens is 2. The minimum Gasteiger partial charge on any atom is -0.476 e. The van der Waals surface area contributed by atoms with Crippen molar-refractivity contribution in [3.05, 3.63) is 17.5 Å². The Labute approximate surface area is 129 Å². The third kappa shape index (κ3) is 5.47. The van der Waals surface area contributed by atoms with Crippen molar-refractivity contribution in [3.8, 4) is 5.88 Å². The standard InChI is InChI=1S/C14H21ClN4O2/c1-14(2,3)18-12(20)8-19-6-10(7-19)9-21-13-5-16-4-11(15)17-13/h4-5,10H,6-9H2,1-3H3,(H,18,20). The molecule has 0 unspecified atom stereocenters. The Morgan fingerprint density at radius 3 is 2.81 bits per heavy atom. The molecule has 1 saturated heterocycles. The van der Waals surface area contributed by atoms with Gasteiger partial charge in [-0.15, -0.1) is 0 Å². The predicted molar refractivity (Wildman–Crippen MR) is 80.4 cm³/mol. The van der Waals surface area contributed by atoms with Crippen molar-refractivity contribution in [1.29, 1.82) is 0 Å². The zero-order valence-corrected chi connectivity index (χ0v) is 13.4. The molecule has 1 amide bonds. The second-order valence-corrected chi connectivity index (χ2v) is 6.74. The fourth-order valence-electron chi connectivity index (χ4n) is 2.17. The van der Waals surface area contributed by atoms with Gasteiger partial charge in [-0.05, 0) is 20.8 Å². The van der Waals surface area contributed by atoms with Crippen molar-refractivity contribution >= 4 is 17.5 Å². The topological polar surface area (TPSA) is 67.4 Å². The van der Waals surface area contributed by atoms with E-state index in [1.54, 1.807) is 6.20 Å². The molecule has 2 rings (SSSR count). The number of nitrogens with zero attached hydrogens (tertiary/aromatic N) is 3. The lowest BCUT2D eigenvalue weighted by Crippen LogP contribution is -2.54. The van der Waals surface area contributed by atoms with E-state index in [1.807, 2.05) is 20.8 Å². The second kappa shape index (κ2) is 6.58. The van der Waals surface area contributed by atoms with Crippen molar-refractivity contribution < 1.29 is 9.53 Å². The maximum absolute atomic E-state index is 11.8. The summed E-state index contributed by atoms with van der Waals surface area (Å²) < 4.78 is 5.54. The number of carbonyl (C=O) groups excluding carboxylic acids is 1. The number of halogens is 1. The van der Waals surface area contributed by atoms with E-state index in [2.05, 4.69) is 20.2 Å². The third-order valence-corrected chi connectivity index (χ3v) is 3.15. The first-order valence-electron chi connectivity index (χ1n) is 6.95. The minimum absolute atomic E-state index is 0.0579. The molecule has 1 aromatic rings. The van der Waals surface area contributed by atoms with Crippen molar-refractivity contribution in [2.45, 2.75) is 26.3 Å². The van der Waals surface area contributed by atoms with Crippen molar-refractivity contribution in [2.75, 3.05) is 26.2 Å². The monoisotopic (exact) mass is 312 g/mol. The van der Waals surface area contributed by atoms with E-state index in [0.29, 0.717) is 30.1 Å². The van der Waals surface area contributed by atoms with Crippen molar-refractivity contribution in [1.82, 2.24) is 20.2 Å². The summed E-state index contributed by atoms with van der Waals surface area (Å²) in [5.41, 5.74) is -0.185. The molecule has 1 aromatic heterocycles. The summed E-state index contributed by atoms with van der Waals surface area (Å²) in [6, 6.07) is 0. The highest BCUT2D eigenvalue weighted by atomic mass is 35.5. The Morgan fingerprint density at radius 1 is 1.48 bits per heavy atom. The summed E-state index contributed by atoms with van der Waals surface area (Å²) in [5.74, 6) is 0.905. The Morgan fingerprint density at radius 2 is 2.19 bits per heavy atom. The van der Waals surface area contributed by atoms with Gasteiger partial charge in [0, 0.05) is 24.5 Å². The molecule has 0 spiro atoms. The fourth-order valence-corrected chi connectivity index (χ4v) is 2.31. The minimum atomic E-state index is -0.185. The van der Waals surface area contributed by atoms with E-state index in [0.717, 1.165) is 13.1 Å². The summed E-state index contributed by atoms with van der Waals surface area (Å²) in [6.45, 7) is 8.63. The van der Waals surface area contributed by atoms with Crippen LogP contribution in [0.4, 0.5) is 0 Å². The lowest BCUT2D eigenvalue weighted by Gasteiger charge is -2.38. The molecule has 1 N–H and O–H groups in total. The number of hydrogen-bond acceptors (Lipinski definition) is 5. The van der Waals surface area contributed by atoms with Crippen LogP contribution >= 0.6 is 11.6 Å². The molecule has 21 heavy (non-hydrogen) atoms. The number of carbonyl (C=O) groups is 1. The smallest absolute Gasteiger partial charge is 0.234 e. The third-order valence-electron chi connectivity index (χ3n) is 2.96. The van der Waals surface area contributed by atoms with E-state index in [9.17, 15) is 4.79 Å². The number of rotatable bonds is 5. The van der Waals surface area contributed by atoms with Crippen LogP contribution in [0, 0.1) is 5.92 Å². The molecule has 1 fully saturated rings. The Balaban J connectivity index is 1.64. The first-order valence-corrected chi connectivity index (χ1v) is 7.33. The number of ether oxygens (including phenoxy) is 1. The van der Waals surface area contributed by atoms with Gasteiger partial charge in [-0.2, -0.15) is 4.98 Å². The van der Waals surface area contributed by atoms with Crippen LogP contribution in [-0.4, -0.2) is 52.6 Å². The Kier molecular flexibility index (Phi) is 5.00. The van der Waals surface area contributed by atoms with Crippen LogP contribution in [0.25, 0.3) is 0 Å². The van der Waals surface area contributed by atoms with Crippen LogP contribution in [-0.2, 0) is 4.79 Å². The molecule has 7 heteroatoms. The summed E-state index contributed by atoms with van der Waals surface area (Å²) in [6.07, 6.45) is 3.01. The first kappa shape index (κ1) is 16.0. The predicted octanol–water partition coefficient (Wildman–Crippen LogP) is 1.36. The van der Waals surface area contributed by atoms with Crippen LogP contribution in [0.15, 0.2) is 12.4 Å². The molecule has 0 saturated carbocycles. The molecular formula is C14H21ClN4O2. The molecule has 0 atom stereocenters. The first-order chi connectivity index (χ1) is 9.82. The van der Waals surface area contributed by atoms with Gasteiger partial charge >= 0.3 is 0 Å². The maximum atomic E-state index is 11.8. The second-order valence-electron chi connectivity index (χ2n) is 6.35. The van der Waals surface area contributed by atoms with Gasteiger partial charge in [0.1, 0.15) is 0 Å². The molecule has 1 aliphatic rings. The zero-order valence-electron chi connectivity index (χ0n) is 12.6. The molecule has 0 radical (unpaired) electrons. The van der Waals surface area contributed by atoms with Crippen molar-refractivity contribution in [2.24, 2.45) is 5.92 Å². The average Bonchev–Trinajstić information content (AvgIpc) is 2.29. The number of hydrogen-bond donors (Lipinski definition) is 1. The molecule has 6 nitrogen and oxygen atoms in total. The molecule has 0 aliphatic carbocycles. The van der Waals surface area contributed by atoms with Gasteiger partial charge < -0.3 is 10.1 Å². The summed E-state index contributed by atoms with van der Waals surface area (Å²) in [7, 11) is 0. The van der Waals surface area contributed by atoms with E-state index < -0.39 is 0 Å². The average molecular weight is 313 g/mol. The molecular weight excluding hydrogens is 292 g/mol. The summed E-state index contributed by atoms with van der Waals surface area (Å²) in [5, 5.41) is 3.27. The van der Waals surface area contributed by atoms with Gasteiger partial charge in [0.25, 0.3) is 0 Å². The van der Waals surface area contributed by atoms with Gasteiger partial charge in [0.05, 0.1) is 25.5 Å². The van der Waals surface area contributed by atoms with E-state index >= 15 is 0 Å². The molecule has 2 heterocycles. The summed E-state index contributed by atoms with van der Waals surface area (Å²) >= 11 is 5.73. The Hall–Kier alpha value is -1.40. The SMILES string of the molecule is CC(C)(C)NC(=O)CN1CC(COc2cncc(Cl)n2)C1. The maximum Gasteiger partial charge on any atom is 0.234 e. The number of amides is 1. The molecule has 0 aromatic carbocycles. The van der Waals surface area contributed by atoms with Crippen LogP contribution in [0.3, 0.4) is 0 Å². The van der Waals surface area contributed by atoms with Crippen molar-refractivity contribution in [3.63, 3.8) is 0 Å². The fraction of sp³-hybridized carbons (Fsp3) is 0.643. The van der Waals surface area contributed by atoms with Gasteiger partial charge in [-0.3, -0.25) is 14.7 Å².